The van der Waals surface area contributed by atoms with Gasteiger partial charge in [-0.15, -0.1) is 0 Å². The normalized spacial score (nSPS) is 12.1. The summed E-state index contributed by atoms with van der Waals surface area (Å²) in [4.78, 5) is 16.4. The summed E-state index contributed by atoms with van der Waals surface area (Å²) in [5.74, 6) is 2.46. The van der Waals surface area contributed by atoms with Crippen molar-refractivity contribution in [1.29, 1.82) is 0 Å². The Kier molecular flexibility index (Phi) is 6.48. The Morgan fingerprint density at radius 1 is 1.32 bits per heavy atom. The Hall–Kier alpha value is -1.96. The number of aromatic nitrogens is 3. The average Bonchev–Trinajstić information content (AvgIpc) is 3.01. The SMILES string of the molecule is CC(C)(C)C(=O)C(Oc1ccc(Cl)cc1)n1cncn1.[NH3+][O-]. The van der Waals surface area contributed by atoms with E-state index in [0.717, 1.165) is 0 Å². The van der Waals surface area contributed by atoms with E-state index in [1.54, 1.807) is 24.3 Å². The molecule has 1 heterocycles. The fourth-order valence-electron chi connectivity index (χ4n) is 1.58. The van der Waals surface area contributed by atoms with Crippen molar-refractivity contribution < 1.29 is 15.4 Å². The number of hydrogen-bond acceptors (Lipinski definition) is 5. The van der Waals surface area contributed by atoms with E-state index in [9.17, 15) is 4.79 Å². The van der Waals surface area contributed by atoms with Crippen LogP contribution in [0.2, 0.25) is 5.02 Å². The molecule has 0 amide bonds. The Bertz CT molecular complexity index is 579. The lowest BCUT2D eigenvalue weighted by atomic mass is 9.90. The van der Waals surface area contributed by atoms with Gasteiger partial charge in [-0.05, 0) is 24.3 Å². The van der Waals surface area contributed by atoms with E-state index >= 15 is 0 Å². The maximum Gasteiger partial charge on any atom is 0.252 e. The van der Waals surface area contributed by atoms with E-state index in [0.29, 0.717) is 10.8 Å². The van der Waals surface area contributed by atoms with Gasteiger partial charge in [-0.3, -0.25) is 4.79 Å². The summed E-state index contributed by atoms with van der Waals surface area (Å²) in [5.41, 5.74) is -0.553. The van der Waals surface area contributed by atoms with E-state index in [-0.39, 0.29) is 5.78 Å². The van der Waals surface area contributed by atoms with Gasteiger partial charge >= 0.3 is 0 Å². The second kappa shape index (κ2) is 7.88. The van der Waals surface area contributed by atoms with Crippen LogP contribution in [0.5, 0.6) is 5.75 Å². The fraction of sp³-hybridized carbons (Fsp3) is 0.357. The molecule has 0 saturated carbocycles. The molecule has 7 nitrogen and oxygen atoms in total. The molecule has 0 fully saturated rings. The van der Waals surface area contributed by atoms with Crippen molar-refractivity contribution in [1.82, 2.24) is 14.8 Å². The van der Waals surface area contributed by atoms with Crippen LogP contribution in [0.4, 0.5) is 0 Å². The largest absolute Gasteiger partial charge is 0.637 e. The maximum atomic E-state index is 12.5. The predicted octanol–water partition coefficient (Wildman–Crippen LogP) is 1.85. The minimum atomic E-state index is -0.848. The molecule has 1 aromatic heterocycles. The Morgan fingerprint density at radius 3 is 2.36 bits per heavy atom. The van der Waals surface area contributed by atoms with Gasteiger partial charge in [-0.25, -0.2) is 9.67 Å². The van der Waals surface area contributed by atoms with E-state index < -0.39 is 11.6 Å². The quantitative estimate of drug-likeness (QED) is 0.862. The highest BCUT2D eigenvalue weighted by Gasteiger charge is 2.33. The molecule has 0 radical (unpaired) electrons. The Labute approximate surface area is 133 Å². The number of hydrogen-bond donors (Lipinski definition) is 1. The minimum Gasteiger partial charge on any atom is -0.637 e. The molecule has 8 heteroatoms. The molecular weight excluding hydrogens is 308 g/mol. The highest BCUT2D eigenvalue weighted by Crippen LogP contribution is 2.26. The molecule has 0 spiro atoms. The van der Waals surface area contributed by atoms with E-state index in [1.165, 1.54) is 17.3 Å². The van der Waals surface area contributed by atoms with Crippen LogP contribution in [0, 0.1) is 10.6 Å². The Morgan fingerprint density at radius 2 is 1.91 bits per heavy atom. The third-order valence-electron chi connectivity index (χ3n) is 2.70. The first-order valence-electron chi connectivity index (χ1n) is 6.47. The molecule has 1 aromatic carbocycles. The average molecular weight is 327 g/mol. The van der Waals surface area contributed by atoms with Gasteiger partial charge in [0.15, 0.2) is 0 Å². The monoisotopic (exact) mass is 326 g/mol. The number of quaternary nitrogens is 1. The van der Waals surface area contributed by atoms with Crippen molar-refractivity contribution in [2.24, 2.45) is 5.41 Å². The van der Waals surface area contributed by atoms with Crippen molar-refractivity contribution in [2.45, 2.75) is 27.0 Å². The highest BCUT2D eigenvalue weighted by atomic mass is 35.5. The number of ketones is 1. The van der Waals surface area contributed by atoms with Gasteiger partial charge in [0.25, 0.3) is 6.23 Å². The molecule has 0 bridgehead atoms. The van der Waals surface area contributed by atoms with Gasteiger partial charge in [-0.1, -0.05) is 32.4 Å². The van der Waals surface area contributed by atoms with Crippen molar-refractivity contribution in [2.75, 3.05) is 0 Å². The number of ether oxygens (including phenoxy) is 1. The summed E-state index contributed by atoms with van der Waals surface area (Å²) in [6, 6.07) is 6.83. The minimum absolute atomic E-state index is 0.0852. The lowest BCUT2D eigenvalue weighted by molar-refractivity contribution is -0.275. The van der Waals surface area contributed by atoms with E-state index in [1.807, 2.05) is 26.7 Å². The highest BCUT2D eigenvalue weighted by molar-refractivity contribution is 6.30. The van der Waals surface area contributed by atoms with Gasteiger partial charge in [0.2, 0.25) is 5.78 Å². The topological polar surface area (TPSA) is 108 Å². The second-order valence-corrected chi connectivity index (χ2v) is 5.85. The van der Waals surface area contributed by atoms with Crippen LogP contribution in [0.3, 0.4) is 0 Å². The molecule has 22 heavy (non-hydrogen) atoms. The molecular formula is C14H19ClN4O3. The molecule has 120 valence electrons. The lowest BCUT2D eigenvalue weighted by Gasteiger charge is -2.25. The van der Waals surface area contributed by atoms with Crippen molar-refractivity contribution in [3.05, 3.63) is 47.1 Å². The third kappa shape index (κ3) is 4.80. The second-order valence-electron chi connectivity index (χ2n) is 5.41. The maximum absolute atomic E-state index is 12.5. The fourth-order valence-corrected chi connectivity index (χ4v) is 1.70. The zero-order valence-electron chi connectivity index (χ0n) is 12.7. The predicted molar refractivity (Wildman–Crippen MR) is 81.9 cm³/mol. The lowest BCUT2D eigenvalue weighted by Crippen LogP contribution is -2.37. The number of carbonyl (C=O) groups is 1. The zero-order valence-corrected chi connectivity index (χ0v) is 13.4. The van der Waals surface area contributed by atoms with E-state index in [2.05, 4.69) is 10.1 Å². The molecule has 1 unspecified atom stereocenters. The van der Waals surface area contributed by atoms with Gasteiger partial charge in [0, 0.05) is 10.4 Å². The van der Waals surface area contributed by atoms with Crippen molar-refractivity contribution in [3.63, 3.8) is 0 Å². The van der Waals surface area contributed by atoms with Crippen LogP contribution in [-0.4, -0.2) is 20.5 Å². The first kappa shape index (κ1) is 18.1. The number of benzene rings is 1. The van der Waals surface area contributed by atoms with Gasteiger partial charge in [0.05, 0.1) is 0 Å². The molecule has 0 aliphatic rings. The molecule has 1 atom stereocenters. The van der Waals surface area contributed by atoms with Crippen LogP contribution in [0.15, 0.2) is 36.9 Å². The number of nitrogens with zero attached hydrogens (tertiary/aromatic N) is 3. The molecule has 0 saturated heterocycles. The molecule has 3 N–H and O–H groups in total. The van der Waals surface area contributed by atoms with Crippen LogP contribution in [0.25, 0.3) is 0 Å². The number of Topliss-reactive ketones (excluding diaryl/α,β-unsaturated/α-hetero) is 1. The van der Waals surface area contributed by atoms with Crippen LogP contribution >= 0.6 is 11.6 Å². The smallest absolute Gasteiger partial charge is 0.252 e. The van der Waals surface area contributed by atoms with Crippen LogP contribution < -0.4 is 10.6 Å². The summed E-state index contributed by atoms with van der Waals surface area (Å²) < 4.78 is 7.16. The van der Waals surface area contributed by atoms with Gasteiger partial charge in [-0.2, -0.15) is 5.10 Å². The van der Waals surface area contributed by atoms with Crippen molar-refractivity contribution >= 4 is 17.4 Å². The number of rotatable bonds is 4. The summed E-state index contributed by atoms with van der Waals surface area (Å²) in [6.45, 7) is 5.51. The zero-order chi connectivity index (χ0) is 16.8. The summed E-state index contributed by atoms with van der Waals surface area (Å²) >= 11 is 5.83. The molecule has 0 aliphatic carbocycles. The van der Waals surface area contributed by atoms with Gasteiger partial charge in [0.1, 0.15) is 18.4 Å². The number of carbonyl (C=O) groups excluding carboxylic acids is 1. The van der Waals surface area contributed by atoms with Gasteiger partial charge < -0.3 is 15.8 Å². The first-order chi connectivity index (χ1) is 10.4. The summed E-state index contributed by atoms with van der Waals surface area (Å²) in [5, 5.41) is 12.6. The molecule has 2 aromatic rings. The Balaban J connectivity index is 0.00000116. The number of halogens is 1. The van der Waals surface area contributed by atoms with E-state index in [4.69, 9.17) is 21.5 Å². The van der Waals surface area contributed by atoms with Crippen LogP contribution in [-0.2, 0) is 4.79 Å². The first-order valence-corrected chi connectivity index (χ1v) is 6.85. The third-order valence-corrected chi connectivity index (χ3v) is 2.95. The molecule has 0 aliphatic heterocycles. The summed E-state index contributed by atoms with van der Waals surface area (Å²) in [7, 11) is 0. The van der Waals surface area contributed by atoms with Crippen molar-refractivity contribution in [3.8, 4) is 5.75 Å². The molecule has 2 rings (SSSR count). The summed E-state index contributed by atoms with van der Waals surface area (Å²) in [6.07, 6.45) is 1.98. The standard InChI is InChI=1S/C14H16ClN3O2.H3NO/c1-14(2,3)12(19)13(18-9-16-8-17-18)20-11-6-4-10(15)5-7-11;1-2/h4-9,13H,1-3H3;1H3. The van der Waals surface area contributed by atoms with Crippen LogP contribution in [0.1, 0.15) is 27.0 Å².